The number of pyridine rings is 1. The van der Waals surface area contributed by atoms with Crippen LogP contribution in [0.15, 0.2) is 60.9 Å². The van der Waals surface area contributed by atoms with E-state index in [-0.39, 0.29) is 24.4 Å². The molecule has 0 bridgehead atoms. The first-order chi connectivity index (χ1) is 14.1. The van der Waals surface area contributed by atoms with Gasteiger partial charge in [-0.15, -0.1) is 0 Å². The maximum atomic E-state index is 13.4. The van der Waals surface area contributed by atoms with E-state index in [0.717, 1.165) is 30.6 Å². The van der Waals surface area contributed by atoms with Gasteiger partial charge in [0.25, 0.3) is 0 Å². The molecule has 6 nitrogen and oxygen atoms in total. The van der Waals surface area contributed by atoms with Crippen LogP contribution in [0.2, 0.25) is 0 Å². The number of carbonyl (C=O) groups is 1. The van der Waals surface area contributed by atoms with Crippen molar-refractivity contribution in [2.45, 2.75) is 25.4 Å². The molecule has 0 radical (unpaired) electrons. The van der Waals surface area contributed by atoms with Gasteiger partial charge in [-0.1, -0.05) is 12.1 Å². The molecule has 0 saturated carbocycles. The normalized spacial score (nSPS) is 16.1. The Morgan fingerprint density at radius 2 is 2.17 bits per heavy atom. The third-order valence-corrected chi connectivity index (χ3v) is 5.13. The van der Waals surface area contributed by atoms with Gasteiger partial charge in [0.15, 0.2) is 0 Å². The first-order valence-corrected chi connectivity index (χ1v) is 9.65. The Labute approximate surface area is 168 Å². The van der Waals surface area contributed by atoms with Crippen LogP contribution in [0.1, 0.15) is 30.1 Å². The lowest BCUT2D eigenvalue weighted by Crippen LogP contribution is -2.39. The second-order valence-corrected chi connectivity index (χ2v) is 7.08. The molecule has 7 heteroatoms. The fraction of sp³-hybridized carbons (Fsp3) is 0.273. The average Bonchev–Trinajstić information content (AvgIpc) is 3.35. The van der Waals surface area contributed by atoms with Crippen molar-refractivity contribution < 1.29 is 13.9 Å². The van der Waals surface area contributed by atoms with Gasteiger partial charge in [0.05, 0.1) is 6.04 Å². The minimum atomic E-state index is -0.381. The molecule has 1 atom stereocenters. The molecule has 0 spiro atoms. The van der Waals surface area contributed by atoms with Crippen molar-refractivity contribution >= 4 is 6.03 Å². The summed E-state index contributed by atoms with van der Waals surface area (Å²) in [7, 11) is 2.00. The smallest absolute Gasteiger partial charge is 0.318 e. The maximum absolute atomic E-state index is 13.4. The second-order valence-electron chi connectivity index (χ2n) is 7.08. The SMILES string of the molecule is Cn1cccc1C1CCCN1C(=O)NCc1cccnc1Oc1cccc(F)c1. The summed E-state index contributed by atoms with van der Waals surface area (Å²) < 4.78 is 21.2. The summed E-state index contributed by atoms with van der Waals surface area (Å²) in [6, 6.07) is 13.5. The predicted octanol–water partition coefficient (Wildman–Crippen LogP) is 4.40. The van der Waals surface area contributed by atoms with E-state index in [4.69, 9.17) is 4.74 Å². The number of aromatic nitrogens is 2. The van der Waals surface area contributed by atoms with Crippen LogP contribution in [-0.4, -0.2) is 27.0 Å². The fourth-order valence-electron chi connectivity index (χ4n) is 3.70. The van der Waals surface area contributed by atoms with Crippen LogP contribution in [0, 0.1) is 5.82 Å². The topological polar surface area (TPSA) is 59.4 Å². The van der Waals surface area contributed by atoms with Crippen molar-refractivity contribution in [3.8, 4) is 11.6 Å². The summed E-state index contributed by atoms with van der Waals surface area (Å²) >= 11 is 0. The van der Waals surface area contributed by atoms with E-state index in [1.807, 2.05) is 30.3 Å². The van der Waals surface area contributed by atoms with E-state index in [2.05, 4.69) is 20.9 Å². The Kier molecular flexibility index (Phi) is 5.46. The van der Waals surface area contributed by atoms with Crippen molar-refractivity contribution in [3.05, 3.63) is 78.0 Å². The van der Waals surface area contributed by atoms with Crippen LogP contribution >= 0.6 is 0 Å². The van der Waals surface area contributed by atoms with Crippen LogP contribution < -0.4 is 10.1 Å². The van der Waals surface area contributed by atoms with Gasteiger partial charge in [0.1, 0.15) is 11.6 Å². The predicted molar refractivity (Wildman–Crippen MR) is 107 cm³/mol. The maximum Gasteiger partial charge on any atom is 0.318 e. The van der Waals surface area contributed by atoms with Gasteiger partial charge in [-0.3, -0.25) is 0 Å². The number of aryl methyl sites for hydroxylation is 1. The number of nitrogens with zero attached hydrogens (tertiary/aromatic N) is 3. The number of ether oxygens (including phenoxy) is 1. The molecule has 4 rings (SSSR count). The first kappa shape index (κ1) is 19.0. The highest BCUT2D eigenvalue weighted by Crippen LogP contribution is 2.32. The molecule has 2 amide bonds. The lowest BCUT2D eigenvalue weighted by Gasteiger charge is -2.25. The highest BCUT2D eigenvalue weighted by atomic mass is 19.1. The van der Waals surface area contributed by atoms with E-state index in [0.29, 0.717) is 11.6 Å². The van der Waals surface area contributed by atoms with E-state index in [1.165, 1.54) is 12.1 Å². The van der Waals surface area contributed by atoms with Gasteiger partial charge >= 0.3 is 6.03 Å². The molecule has 1 saturated heterocycles. The monoisotopic (exact) mass is 394 g/mol. The molecule has 1 unspecified atom stereocenters. The molecular weight excluding hydrogens is 371 g/mol. The Bertz CT molecular complexity index is 1000. The number of hydrogen-bond donors (Lipinski definition) is 1. The minimum absolute atomic E-state index is 0.0758. The first-order valence-electron chi connectivity index (χ1n) is 9.65. The van der Waals surface area contributed by atoms with Crippen molar-refractivity contribution in [1.29, 1.82) is 0 Å². The Balaban J connectivity index is 1.44. The summed E-state index contributed by atoms with van der Waals surface area (Å²) in [5.74, 6) is 0.326. The molecule has 1 fully saturated rings. The second kappa shape index (κ2) is 8.34. The number of benzene rings is 1. The highest BCUT2D eigenvalue weighted by molar-refractivity contribution is 5.75. The molecule has 1 aromatic carbocycles. The van der Waals surface area contributed by atoms with Gasteiger partial charge in [-0.2, -0.15) is 0 Å². The number of likely N-dealkylation sites (tertiary alicyclic amines) is 1. The molecule has 1 N–H and O–H groups in total. The molecule has 2 aromatic heterocycles. The van der Waals surface area contributed by atoms with Crippen LogP contribution in [0.5, 0.6) is 11.6 Å². The van der Waals surface area contributed by atoms with E-state index in [1.54, 1.807) is 24.4 Å². The Hall–Kier alpha value is -3.35. The van der Waals surface area contributed by atoms with Crippen molar-refractivity contribution in [3.63, 3.8) is 0 Å². The zero-order valence-corrected chi connectivity index (χ0v) is 16.2. The van der Waals surface area contributed by atoms with Crippen molar-refractivity contribution in [2.24, 2.45) is 7.05 Å². The van der Waals surface area contributed by atoms with Crippen LogP contribution in [-0.2, 0) is 13.6 Å². The molecule has 3 aromatic rings. The van der Waals surface area contributed by atoms with Crippen LogP contribution in [0.4, 0.5) is 9.18 Å². The zero-order chi connectivity index (χ0) is 20.2. The third-order valence-electron chi connectivity index (χ3n) is 5.13. The lowest BCUT2D eigenvalue weighted by molar-refractivity contribution is 0.191. The van der Waals surface area contributed by atoms with Crippen molar-refractivity contribution in [2.75, 3.05) is 6.54 Å². The summed E-state index contributed by atoms with van der Waals surface area (Å²) in [5, 5.41) is 2.97. The molecular formula is C22H23FN4O2. The van der Waals surface area contributed by atoms with E-state index in [9.17, 15) is 9.18 Å². The number of urea groups is 1. The summed E-state index contributed by atoms with van der Waals surface area (Å²) in [6.45, 7) is 0.995. The van der Waals surface area contributed by atoms with Gasteiger partial charge in [0, 0.05) is 49.9 Å². The fourth-order valence-corrected chi connectivity index (χ4v) is 3.70. The van der Waals surface area contributed by atoms with Crippen molar-refractivity contribution in [1.82, 2.24) is 19.8 Å². The molecule has 1 aliphatic rings. The standard InChI is InChI=1S/C22H23FN4O2/c1-26-12-4-9-19(26)20-10-5-13-27(20)22(28)25-15-16-6-3-11-24-21(16)29-18-8-2-7-17(23)14-18/h2-4,6-9,11-12,14,20H,5,10,13,15H2,1H3,(H,25,28). The summed E-state index contributed by atoms with van der Waals surface area (Å²) in [6.07, 6.45) is 5.53. The number of rotatable bonds is 5. The number of amides is 2. The molecule has 0 aliphatic carbocycles. The Morgan fingerprint density at radius 3 is 2.97 bits per heavy atom. The number of carbonyl (C=O) groups excluding carboxylic acids is 1. The van der Waals surface area contributed by atoms with Gasteiger partial charge < -0.3 is 19.5 Å². The zero-order valence-electron chi connectivity index (χ0n) is 16.2. The molecule has 1 aliphatic heterocycles. The molecule has 150 valence electrons. The Morgan fingerprint density at radius 1 is 1.28 bits per heavy atom. The van der Waals surface area contributed by atoms with Gasteiger partial charge in [-0.25, -0.2) is 14.2 Å². The molecule has 29 heavy (non-hydrogen) atoms. The average molecular weight is 394 g/mol. The van der Waals surface area contributed by atoms with Crippen LogP contribution in [0.25, 0.3) is 0 Å². The summed E-state index contributed by atoms with van der Waals surface area (Å²) in [4.78, 5) is 19.0. The van der Waals surface area contributed by atoms with E-state index >= 15 is 0 Å². The van der Waals surface area contributed by atoms with Gasteiger partial charge in [0.2, 0.25) is 5.88 Å². The number of hydrogen-bond acceptors (Lipinski definition) is 3. The quantitative estimate of drug-likeness (QED) is 0.698. The lowest BCUT2D eigenvalue weighted by atomic mass is 10.1. The summed E-state index contributed by atoms with van der Waals surface area (Å²) in [5.41, 5.74) is 1.86. The highest BCUT2D eigenvalue weighted by Gasteiger charge is 2.31. The molecule has 3 heterocycles. The minimum Gasteiger partial charge on any atom is -0.439 e. The number of halogens is 1. The van der Waals surface area contributed by atoms with Crippen LogP contribution in [0.3, 0.4) is 0 Å². The van der Waals surface area contributed by atoms with E-state index < -0.39 is 0 Å². The van der Waals surface area contributed by atoms with Gasteiger partial charge in [-0.05, 0) is 43.2 Å². The third kappa shape index (κ3) is 4.23. The largest absolute Gasteiger partial charge is 0.439 e. The number of nitrogens with one attached hydrogen (secondary N) is 1.